The number of aromatic carboxylic acids is 1. The maximum atomic E-state index is 12.7. The van der Waals surface area contributed by atoms with Crippen LogP contribution in [0.15, 0.2) is 6.07 Å². The van der Waals surface area contributed by atoms with Crippen LogP contribution >= 0.6 is 11.6 Å². The molecule has 0 aromatic heterocycles. The van der Waals surface area contributed by atoms with Crippen LogP contribution in [0.4, 0.5) is 23.7 Å². The predicted molar refractivity (Wildman–Crippen MR) is 84.4 cm³/mol. The Kier molecular flexibility index (Phi) is 5.71. The van der Waals surface area contributed by atoms with Gasteiger partial charge in [-0.1, -0.05) is 11.6 Å². The number of anilines is 1. The molecule has 0 unspecified atom stereocenters. The van der Waals surface area contributed by atoms with E-state index in [2.05, 4.69) is 4.74 Å². The van der Waals surface area contributed by atoms with E-state index < -0.39 is 29.7 Å². The fourth-order valence-corrected chi connectivity index (χ4v) is 2.80. The van der Waals surface area contributed by atoms with Gasteiger partial charge in [-0.15, -0.1) is 13.2 Å². The number of benzene rings is 1. The molecule has 0 saturated carbocycles. The highest BCUT2D eigenvalue weighted by Gasteiger charge is 2.34. The molecule has 1 saturated heterocycles. The van der Waals surface area contributed by atoms with Gasteiger partial charge in [0.15, 0.2) is 0 Å². The van der Waals surface area contributed by atoms with E-state index >= 15 is 0 Å². The summed E-state index contributed by atoms with van der Waals surface area (Å²) >= 11 is 6.01. The summed E-state index contributed by atoms with van der Waals surface area (Å²) in [6.45, 7) is 0.751. The van der Waals surface area contributed by atoms with Crippen molar-refractivity contribution in [1.29, 1.82) is 0 Å². The SMILES string of the molecule is Nc1c(C(=O)O)cc(OC(F)(F)F)c(CN2CCN(C(=O)O)CC2)c1Cl. The molecule has 26 heavy (non-hydrogen) atoms. The molecule has 0 bridgehead atoms. The summed E-state index contributed by atoms with van der Waals surface area (Å²) in [6.07, 6.45) is -6.13. The molecule has 0 atom stereocenters. The Hall–Kier alpha value is -2.40. The normalized spacial score (nSPS) is 15.8. The van der Waals surface area contributed by atoms with Crippen molar-refractivity contribution in [2.75, 3.05) is 31.9 Å². The molecule has 8 nitrogen and oxygen atoms in total. The molecular weight excluding hydrogens is 383 g/mol. The number of nitrogens with two attached hydrogens (primary N) is 1. The van der Waals surface area contributed by atoms with Crippen LogP contribution in [0.3, 0.4) is 0 Å². The van der Waals surface area contributed by atoms with Gasteiger partial charge in [0.1, 0.15) is 5.75 Å². The molecule has 1 aromatic rings. The fourth-order valence-electron chi connectivity index (χ4n) is 2.55. The van der Waals surface area contributed by atoms with Gasteiger partial charge in [-0.05, 0) is 6.07 Å². The zero-order valence-corrected chi connectivity index (χ0v) is 14.0. The second kappa shape index (κ2) is 7.46. The van der Waals surface area contributed by atoms with Crippen LogP contribution in [0.2, 0.25) is 5.02 Å². The van der Waals surface area contributed by atoms with Crippen LogP contribution in [0.25, 0.3) is 0 Å². The monoisotopic (exact) mass is 397 g/mol. The zero-order valence-electron chi connectivity index (χ0n) is 13.2. The van der Waals surface area contributed by atoms with Crippen molar-refractivity contribution >= 4 is 29.4 Å². The number of rotatable bonds is 4. The number of carbonyl (C=O) groups is 2. The van der Waals surface area contributed by atoms with Gasteiger partial charge in [0.25, 0.3) is 0 Å². The van der Waals surface area contributed by atoms with Crippen LogP contribution in [0, 0.1) is 0 Å². The lowest BCUT2D eigenvalue weighted by atomic mass is 10.1. The second-order valence-electron chi connectivity index (χ2n) is 5.53. The van der Waals surface area contributed by atoms with Gasteiger partial charge in [0.2, 0.25) is 0 Å². The number of nitrogens with zero attached hydrogens (tertiary/aromatic N) is 2. The lowest BCUT2D eigenvalue weighted by Gasteiger charge is -2.33. The minimum absolute atomic E-state index is 0.109. The fraction of sp³-hybridized carbons (Fsp3) is 0.429. The highest BCUT2D eigenvalue weighted by atomic mass is 35.5. The Morgan fingerprint density at radius 1 is 1.23 bits per heavy atom. The van der Waals surface area contributed by atoms with Crippen molar-refractivity contribution in [3.8, 4) is 5.75 Å². The Morgan fingerprint density at radius 3 is 2.27 bits per heavy atom. The first-order chi connectivity index (χ1) is 12.0. The maximum Gasteiger partial charge on any atom is 0.573 e. The number of halogens is 4. The molecule has 1 heterocycles. The number of carboxylic acids is 1. The number of carboxylic acid groups (broad SMARTS) is 2. The number of hydrogen-bond acceptors (Lipinski definition) is 5. The molecule has 1 fully saturated rings. The van der Waals surface area contributed by atoms with Crippen molar-refractivity contribution in [2.45, 2.75) is 12.9 Å². The van der Waals surface area contributed by atoms with Gasteiger partial charge in [0, 0.05) is 38.3 Å². The summed E-state index contributed by atoms with van der Waals surface area (Å²) in [5.74, 6) is -2.30. The van der Waals surface area contributed by atoms with Crippen LogP contribution in [-0.4, -0.2) is 64.6 Å². The average Bonchev–Trinajstić information content (AvgIpc) is 2.53. The quantitative estimate of drug-likeness (QED) is 0.667. The van der Waals surface area contributed by atoms with E-state index in [9.17, 15) is 22.8 Å². The standard InChI is InChI=1S/C14H15ClF3N3O5/c15-10-8(6-20-1-3-21(4-2-20)13(24)25)9(26-14(16,17)18)5-7(11(10)19)12(22)23/h5H,1-4,6,19H2,(H,22,23)(H,24,25). The molecule has 0 aliphatic carbocycles. The van der Waals surface area contributed by atoms with Crippen molar-refractivity contribution in [1.82, 2.24) is 9.80 Å². The van der Waals surface area contributed by atoms with Gasteiger partial charge in [0.05, 0.1) is 16.3 Å². The smallest absolute Gasteiger partial charge is 0.478 e. The van der Waals surface area contributed by atoms with Crippen LogP contribution < -0.4 is 10.5 Å². The van der Waals surface area contributed by atoms with Crippen LogP contribution in [0.5, 0.6) is 5.75 Å². The summed E-state index contributed by atoms with van der Waals surface area (Å²) in [4.78, 5) is 24.9. The summed E-state index contributed by atoms with van der Waals surface area (Å²) < 4.78 is 42.0. The summed E-state index contributed by atoms with van der Waals surface area (Å²) in [6, 6.07) is 0.680. The lowest BCUT2D eigenvalue weighted by molar-refractivity contribution is -0.275. The molecular formula is C14H15ClF3N3O5. The van der Waals surface area contributed by atoms with Gasteiger partial charge < -0.3 is 25.6 Å². The molecule has 2 rings (SSSR count). The van der Waals surface area contributed by atoms with E-state index in [4.69, 9.17) is 27.5 Å². The zero-order chi connectivity index (χ0) is 19.6. The average molecular weight is 398 g/mol. The number of ether oxygens (including phenoxy) is 1. The number of alkyl halides is 3. The molecule has 1 aromatic carbocycles. The van der Waals surface area contributed by atoms with E-state index in [1.54, 1.807) is 4.90 Å². The van der Waals surface area contributed by atoms with Crippen molar-refractivity contribution in [3.05, 3.63) is 22.2 Å². The van der Waals surface area contributed by atoms with E-state index in [-0.39, 0.29) is 49.0 Å². The Bertz CT molecular complexity index is 721. The Morgan fingerprint density at radius 2 is 1.81 bits per heavy atom. The first-order valence-corrected chi connectivity index (χ1v) is 7.67. The predicted octanol–water partition coefficient (Wildman–Crippen LogP) is 2.31. The van der Waals surface area contributed by atoms with E-state index in [0.29, 0.717) is 6.07 Å². The third-order valence-corrected chi connectivity index (χ3v) is 4.28. The third kappa shape index (κ3) is 4.61. The first-order valence-electron chi connectivity index (χ1n) is 7.29. The van der Waals surface area contributed by atoms with Gasteiger partial charge in [-0.3, -0.25) is 4.90 Å². The van der Waals surface area contributed by atoms with Gasteiger partial charge >= 0.3 is 18.4 Å². The van der Waals surface area contributed by atoms with E-state index in [0.717, 1.165) is 0 Å². The largest absolute Gasteiger partial charge is 0.573 e. The number of amides is 1. The maximum absolute atomic E-state index is 12.7. The van der Waals surface area contributed by atoms with Crippen molar-refractivity contribution in [2.24, 2.45) is 0 Å². The summed E-state index contributed by atoms with van der Waals surface area (Å²) in [5, 5.41) is 17.6. The van der Waals surface area contributed by atoms with Crippen molar-refractivity contribution in [3.63, 3.8) is 0 Å². The minimum Gasteiger partial charge on any atom is -0.478 e. The van der Waals surface area contributed by atoms with E-state index in [1.165, 1.54) is 4.90 Å². The molecule has 1 aliphatic heterocycles. The third-order valence-electron chi connectivity index (χ3n) is 3.85. The topological polar surface area (TPSA) is 116 Å². The molecule has 4 N–H and O–H groups in total. The van der Waals surface area contributed by atoms with Crippen molar-refractivity contribution < 1.29 is 37.7 Å². The molecule has 144 valence electrons. The first kappa shape index (κ1) is 19.9. The minimum atomic E-state index is -5.05. The Labute approximate surface area is 150 Å². The number of nitrogen functional groups attached to an aromatic ring is 1. The van der Waals surface area contributed by atoms with Gasteiger partial charge in [-0.2, -0.15) is 0 Å². The Balaban J connectivity index is 2.32. The number of piperazine rings is 1. The lowest BCUT2D eigenvalue weighted by Crippen LogP contribution is -2.47. The molecule has 12 heteroatoms. The highest BCUT2D eigenvalue weighted by Crippen LogP contribution is 2.38. The van der Waals surface area contributed by atoms with Crippen LogP contribution in [-0.2, 0) is 6.54 Å². The molecule has 1 amide bonds. The molecule has 0 radical (unpaired) electrons. The summed E-state index contributed by atoms with van der Waals surface area (Å²) in [7, 11) is 0. The van der Waals surface area contributed by atoms with E-state index in [1.807, 2.05) is 0 Å². The number of hydrogen-bond donors (Lipinski definition) is 3. The molecule has 1 aliphatic rings. The highest BCUT2D eigenvalue weighted by molar-refractivity contribution is 6.35. The van der Waals surface area contributed by atoms with Gasteiger partial charge in [-0.25, -0.2) is 9.59 Å². The molecule has 0 spiro atoms. The second-order valence-corrected chi connectivity index (χ2v) is 5.91. The summed E-state index contributed by atoms with van der Waals surface area (Å²) in [5.41, 5.74) is 4.54. The van der Waals surface area contributed by atoms with Crippen LogP contribution in [0.1, 0.15) is 15.9 Å².